The van der Waals surface area contributed by atoms with E-state index >= 15 is 0 Å². The highest BCUT2D eigenvalue weighted by molar-refractivity contribution is 5.83. The number of hydrogen-bond acceptors (Lipinski definition) is 3. The summed E-state index contributed by atoms with van der Waals surface area (Å²) in [5, 5.41) is 0. The van der Waals surface area contributed by atoms with Crippen molar-refractivity contribution in [3.05, 3.63) is 0 Å². The van der Waals surface area contributed by atoms with E-state index in [2.05, 4.69) is 20.8 Å². The first kappa shape index (κ1) is 17.4. The van der Waals surface area contributed by atoms with E-state index in [0.29, 0.717) is 31.0 Å². The standard InChI is InChI=1S/C16H32N2O2/c1-11(2)13-7-6-12(3)10-14(13)20-9-5-8-16(4,18)15(17)19/h11-14H,5-10,18H2,1-4H3,(H2,17,19). The minimum absolute atomic E-state index is 0.358. The Balaban J connectivity index is 2.37. The third-order valence-corrected chi connectivity index (χ3v) is 4.70. The molecule has 4 nitrogen and oxygen atoms in total. The lowest BCUT2D eigenvalue weighted by molar-refractivity contribution is -0.123. The summed E-state index contributed by atoms with van der Waals surface area (Å²) in [4.78, 5) is 11.2. The largest absolute Gasteiger partial charge is 0.378 e. The highest BCUT2D eigenvalue weighted by Crippen LogP contribution is 2.35. The van der Waals surface area contributed by atoms with E-state index < -0.39 is 11.4 Å². The number of carbonyl (C=O) groups is 1. The van der Waals surface area contributed by atoms with E-state index in [1.807, 2.05) is 0 Å². The monoisotopic (exact) mass is 284 g/mol. The van der Waals surface area contributed by atoms with Gasteiger partial charge >= 0.3 is 0 Å². The SMILES string of the molecule is CC1CCC(C(C)C)C(OCCCC(C)(N)C(N)=O)C1. The number of hydrogen-bond donors (Lipinski definition) is 2. The topological polar surface area (TPSA) is 78.3 Å². The average Bonchev–Trinajstić information content (AvgIpc) is 2.34. The molecule has 118 valence electrons. The maximum atomic E-state index is 11.2. The van der Waals surface area contributed by atoms with Gasteiger partial charge in [0.15, 0.2) is 0 Å². The molecule has 1 amide bonds. The van der Waals surface area contributed by atoms with Gasteiger partial charge in [-0.3, -0.25) is 4.79 Å². The van der Waals surface area contributed by atoms with Crippen LogP contribution in [0, 0.1) is 17.8 Å². The van der Waals surface area contributed by atoms with Crippen LogP contribution in [0.2, 0.25) is 0 Å². The number of primary amides is 1. The number of nitrogens with two attached hydrogens (primary N) is 2. The molecule has 0 aromatic heterocycles. The van der Waals surface area contributed by atoms with E-state index in [1.54, 1.807) is 6.92 Å². The van der Waals surface area contributed by atoms with Crippen molar-refractivity contribution < 1.29 is 9.53 Å². The van der Waals surface area contributed by atoms with Crippen LogP contribution in [0.3, 0.4) is 0 Å². The first-order valence-electron chi connectivity index (χ1n) is 7.94. The molecule has 0 saturated heterocycles. The minimum Gasteiger partial charge on any atom is -0.378 e. The summed E-state index contributed by atoms with van der Waals surface area (Å²) < 4.78 is 6.09. The summed E-state index contributed by atoms with van der Waals surface area (Å²) in [7, 11) is 0. The summed E-state index contributed by atoms with van der Waals surface area (Å²) >= 11 is 0. The van der Waals surface area contributed by atoms with Crippen molar-refractivity contribution in [1.29, 1.82) is 0 Å². The Morgan fingerprint density at radius 2 is 2.05 bits per heavy atom. The van der Waals surface area contributed by atoms with Crippen LogP contribution in [0.1, 0.15) is 59.8 Å². The van der Waals surface area contributed by atoms with Gasteiger partial charge < -0.3 is 16.2 Å². The molecule has 1 saturated carbocycles. The fourth-order valence-corrected chi connectivity index (χ4v) is 3.10. The Bertz CT molecular complexity index is 316. The molecule has 4 heteroatoms. The molecular weight excluding hydrogens is 252 g/mol. The second-order valence-corrected chi connectivity index (χ2v) is 7.12. The smallest absolute Gasteiger partial charge is 0.237 e. The van der Waals surface area contributed by atoms with Gasteiger partial charge in [-0.05, 0) is 50.4 Å². The number of rotatable bonds is 7. The summed E-state index contributed by atoms with van der Waals surface area (Å²) in [5.74, 6) is 1.63. The van der Waals surface area contributed by atoms with Gasteiger partial charge in [0.05, 0.1) is 11.6 Å². The molecule has 20 heavy (non-hydrogen) atoms. The molecule has 1 aliphatic rings. The van der Waals surface area contributed by atoms with Crippen LogP contribution in [-0.4, -0.2) is 24.2 Å². The lowest BCUT2D eigenvalue weighted by Gasteiger charge is -2.37. The maximum absolute atomic E-state index is 11.2. The number of ether oxygens (including phenoxy) is 1. The molecule has 4 unspecified atom stereocenters. The molecule has 4 atom stereocenters. The fourth-order valence-electron chi connectivity index (χ4n) is 3.10. The second kappa shape index (κ2) is 7.41. The highest BCUT2D eigenvalue weighted by atomic mass is 16.5. The normalized spacial score (nSPS) is 30.2. The zero-order valence-electron chi connectivity index (χ0n) is 13.5. The molecule has 1 aliphatic carbocycles. The summed E-state index contributed by atoms with van der Waals surface area (Å²) in [6.07, 6.45) is 5.45. The Morgan fingerprint density at radius 3 is 2.60 bits per heavy atom. The lowest BCUT2D eigenvalue weighted by atomic mass is 9.75. The Morgan fingerprint density at radius 1 is 1.40 bits per heavy atom. The average molecular weight is 284 g/mol. The molecule has 0 heterocycles. The van der Waals surface area contributed by atoms with Crippen molar-refractivity contribution in [2.75, 3.05) is 6.61 Å². The van der Waals surface area contributed by atoms with Crippen molar-refractivity contribution in [2.45, 2.75) is 71.4 Å². The maximum Gasteiger partial charge on any atom is 0.237 e. The third-order valence-electron chi connectivity index (χ3n) is 4.70. The number of amides is 1. The highest BCUT2D eigenvalue weighted by Gasteiger charge is 2.31. The van der Waals surface area contributed by atoms with E-state index in [9.17, 15) is 4.79 Å². The first-order valence-corrected chi connectivity index (χ1v) is 7.94. The van der Waals surface area contributed by atoms with Crippen LogP contribution in [-0.2, 0) is 9.53 Å². The summed E-state index contributed by atoms with van der Waals surface area (Å²) in [6, 6.07) is 0. The zero-order chi connectivity index (χ0) is 15.3. The van der Waals surface area contributed by atoms with Gasteiger partial charge in [0.1, 0.15) is 0 Å². The van der Waals surface area contributed by atoms with E-state index in [0.717, 1.165) is 18.8 Å². The van der Waals surface area contributed by atoms with E-state index in [-0.39, 0.29) is 0 Å². The molecule has 1 rings (SSSR count). The van der Waals surface area contributed by atoms with E-state index in [4.69, 9.17) is 16.2 Å². The predicted octanol–water partition coefficient (Wildman–Crippen LogP) is 2.45. The van der Waals surface area contributed by atoms with Gasteiger partial charge in [0, 0.05) is 6.61 Å². The van der Waals surface area contributed by atoms with Crippen molar-refractivity contribution in [3.63, 3.8) is 0 Å². The van der Waals surface area contributed by atoms with Crippen LogP contribution in [0.25, 0.3) is 0 Å². The van der Waals surface area contributed by atoms with Crippen molar-refractivity contribution in [3.8, 4) is 0 Å². The first-order chi connectivity index (χ1) is 9.24. The van der Waals surface area contributed by atoms with Crippen LogP contribution in [0.4, 0.5) is 0 Å². The molecule has 4 N–H and O–H groups in total. The molecule has 0 aliphatic heterocycles. The van der Waals surface area contributed by atoms with Crippen LogP contribution < -0.4 is 11.5 Å². The molecule has 1 fully saturated rings. The van der Waals surface area contributed by atoms with Gasteiger partial charge in [-0.2, -0.15) is 0 Å². The quantitative estimate of drug-likeness (QED) is 0.705. The van der Waals surface area contributed by atoms with Crippen molar-refractivity contribution in [1.82, 2.24) is 0 Å². The molecule has 0 aromatic rings. The molecule has 0 aromatic carbocycles. The fraction of sp³-hybridized carbons (Fsp3) is 0.938. The van der Waals surface area contributed by atoms with Crippen LogP contribution >= 0.6 is 0 Å². The second-order valence-electron chi connectivity index (χ2n) is 7.12. The molecule has 0 radical (unpaired) electrons. The molecular formula is C16H32N2O2. The molecule has 0 spiro atoms. The van der Waals surface area contributed by atoms with Gasteiger partial charge in [-0.25, -0.2) is 0 Å². The van der Waals surface area contributed by atoms with Crippen LogP contribution in [0.15, 0.2) is 0 Å². The van der Waals surface area contributed by atoms with Gasteiger partial charge in [-0.1, -0.05) is 27.2 Å². The third kappa shape index (κ3) is 5.06. The number of carbonyl (C=O) groups excluding carboxylic acids is 1. The van der Waals surface area contributed by atoms with Crippen molar-refractivity contribution >= 4 is 5.91 Å². The van der Waals surface area contributed by atoms with Gasteiger partial charge in [0.25, 0.3) is 0 Å². The lowest BCUT2D eigenvalue weighted by Crippen LogP contribution is -2.49. The van der Waals surface area contributed by atoms with Crippen LogP contribution in [0.5, 0.6) is 0 Å². The minimum atomic E-state index is -0.916. The molecule has 0 bridgehead atoms. The van der Waals surface area contributed by atoms with Gasteiger partial charge in [-0.15, -0.1) is 0 Å². The summed E-state index contributed by atoms with van der Waals surface area (Å²) in [6.45, 7) is 9.22. The van der Waals surface area contributed by atoms with E-state index in [1.165, 1.54) is 12.8 Å². The predicted molar refractivity (Wildman–Crippen MR) is 82.1 cm³/mol. The zero-order valence-corrected chi connectivity index (χ0v) is 13.5. The Hall–Kier alpha value is -0.610. The van der Waals surface area contributed by atoms with Crippen molar-refractivity contribution in [2.24, 2.45) is 29.2 Å². The van der Waals surface area contributed by atoms with Gasteiger partial charge in [0.2, 0.25) is 5.91 Å². The Kier molecular flexibility index (Phi) is 6.46. The summed E-state index contributed by atoms with van der Waals surface area (Å²) in [5.41, 5.74) is 10.2. The Labute approximate surface area is 123 Å².